The summed E-state index contributed by atoms with van der Waals surface area (Å²) in [5, 5.41) is 3.56. The third kappa shape index (κ3) is 5.76. The Hall–Kier alpha value is -0.920. The van der Waals surface area contributed by atoms with E-state index in [4.69, 9.17) is 11.6 Å². The van der Waals surface area contributed by atoms with Crippen molar-refractivity contribution in [1.29, 1.82) is 0 Å². The highest BCUT2D eigenvalue weighted by Crippen LogP contribution is 2.23. The molecule has 1 heterocycles. The summed E-state index contributed by atoms with van der Waals surface area (Å²) >= 11 is 6.12. The van der Waals surface area contributed by atoms with E-state index < -0.39 is 15.6 Å². The standard InChI is InChI=1S/C13H23ClN4O2S/c1-8(2)11-16-10(14)9(3)12(17-11)15-7-13(4,5)18-21(6,19)20/h8,18H,7H2,1-6H3,(H,15,16,17). The van der Waals surface area contributed by atoms with E-state index in [2.05, 4.69) is 20.0 Å². The van der Waals surface area contributed by atoms with Gasteiger partial charge >= 0.3 is 0 Å². The zero-order valence-electron chi connectivity index (χ0n) is 13.3. The van der Waals surface area contributed by atoms with Gasteiger partial charge in [-0.05, 0) is 20.8 Å². The highest BCUT2D eigenvalue weighted by molar-refractivity contribution is 7.88. The molecule has 1 aromatic rings. The van der Waals surface area contributed by atoms with Gasteiger partial charge in [-0.1, -0.05) is 25.4 Å². The Morgan fingerprint density at radius 2 is 1.86 bits per heavy atom. The van der Waals surface area contributed by atoms with E-state index in [0.29, 0.717) is 23.3 Å². The monoisotopic (exact) mass is 334 g/mol. The van der Waals surface area contributed by atoms with Crippen LogP contribution < -0.4 is 10.0 Å². The fourth-order valence-electron chi connectivity index (χ4n) is 1.78. The molecule has 0 aliphatic heterocycles. The molecule has 0 aliphatic rings. The molecule has 0 radical (unpaired) electrons. The molecule has 0 atom stereocenters. The van der Waals surface area contributed by atoms with Gasteiger partial charge in [0.2, 0.25) is 10.0 Å². The van der Waals surface area contributed by atoms with Crippen molar-refractivity contribution in [2.24, 2.45) is 0 Å². The van der Waals surface area contributed by atoms with Crippen molar-refractivity contribution in [3.05, 3.63) is 16.5 Å². The highest BCUT2D eigenvalue weighted by Gasteiger charge is 2.23. The van der Waals surface area contributed by atoms with Crippen molar-refractivity contribution in [2.75, 3.05) is 18.1 Å². The quantitative estimate of drug-likeness (QED) is 0.780. The fourth-order valence-corrected chi connectivity index (χ4v) is 3.03. The van der Waals surface area contributed by atoms with Crippen LogP contribution in [-0.2, 0) is 10.0 Å². The molecule has 6 nitrogen and oxygen atoms in total. The topological polar surface area (TPSA) is 84.0 Å². The summed E-state index contributed by atoms with van der Waals surface area (Å²) in [5.74, 6) is 1.44. The minimum absolute atomic E-state index is 0.158. The number of hydrogen-bond acceptors (Lipinski definition) is 5. The summed E-state index contributed by atoms with van der Waals surface area (Å²) in [7, 11) is -3.27. The van der Waals surface area contributed by atoms with Crippen LogP contribution in [0.4, 0.5) is 5.82 Å². The largest absolute Gasteiger partial charge is 0.368 e. The van der Waals surface area contributed by atoms with E-state index in [-0.39, 0.29) is 5.92 Å². The van der Waals surface area contributed by atoms with Crippen molar-refractivity contribution >= 4 is 27.4 Å². The second-order valence-electron chi connectivity index (χ2n) is 6.11. The third-order valence-electron chi connectivity index (χ3n) is 2.78. The fraction of sp³-hybridized carbons (Fsp3) is 0.692. The first kappa shape index (κ1) is 18.1. The molecule has 120 valence electrons. The summed E-state index contributed by atoms with van der Waals surface area (Å²) in [6.07, 6.45) is 1.14. The van der Waals surface area contributed by atoms with Gasteiger partial charge in [-0.15, -0.1) is 0 Å². The molecule has 0 bridgehead atoms. The third-order valence-corrected chi connectivity index (χ3v) is 4.07. The van der Waals surface area contributed by atoms with Gasteiger partial charge in [0.15, 0.2) is 0 Å². The number of sulfonamides is 1. The molecule has 21 heavy (non-hydrogen) atoms. The van der Waals surface area contributed by atoms with Crippen molar-refractivity contribution in [1.82, 2.24) is 14.7 Å². The number of rotatable bonds is 6. The van der Waals surface area contributed by atoms with Crippen LogP contribution >= 0.6 is 11.6 Å². The summed E-state index contributed by atoms with van der Waals surface area (Å²) < 4.78 is 25.2. The predicted molar refractivity (Wildman–Crippen MR) is 86.4 cm³/mol. The minimum Gasteiger partial charge on any atom is -0.368 e. The Bertz CT molecular complexity index is 615. The first-order valence-electron chi connectivity index (χ1n) is 6.68. The van der Waals surface area contributed by atoms with Crippen molar-refractivity contribution in [2.45, 2.75) is 46.1 Å². The van der Waals surface area contributed by atoms with E-state index in [9.17, 15) is 8.42 Å². The Morgan fingerprint density at radius 1 is 1.29 bits per heavy atom. The van der Waals surface area contributed by atoms with Crippen molar-refractivity contribution in [3.8, 4) is 0 Å². The molecular formula is C13H23ClN4O2S. The highest BCUT2D eigenvalue weighted by atomic mass is 35.5. The van der Waals surface area contributed by atoms with Crippen LogP contribution in [0.2, 0.25) is 5.15 Å². The molecule has 1 aromatic heterocycles. The van der Waals surface area contributed by atoms with Crippen LogP contribution in [0.1, 0.15) is 45.0 Å². The predicted octanol–water partition coefficient (Wildman–Crippen LogP) is 2.30. The number of nitrogens with one attached hydrogen (secondary N) is 2. The maximum Gasteiger partial charge on any atom is 0.209 e. The molecule has 0 saturated carbocycles. The van der Waals surface area contributed by atoms with Crippen LogP contribution in [0.5, 0.6) is 0 Å². The summed E-state index contributed by atoms with van der Waals surface area (Å²) in [4.78, 5) is 8.69. The molecule has 8 heteroatoms. The van der Waals surface area contributed by atoms with Gasteiger partial charge < -0.3 is 5.32 Å². The van der Waals surface area contributed by atoms with Gasteiger partial charge in [0.25, 0.3) is 0 Å². The van der Waals surface area contributed by atoms with E-state index in [1.165, 1.54) is 0 Å². The summed E-state index contributed by atoms with van der Waals surface area (Å²) in [6.45, 7) is 9.77. The van der Waals surface area contributed by atoms with Gasteiger partial charge in [-0.3, -0.25) is 0 Å². The number of anilines is 1. The van der Waals surface area contributed by atoms with Crippen LogP contribution in [0, 0.1) is 6.92 Å². The minimum atomic E-state index is -3.27. The maximum atomic E-state index is 11.3. The average molecular weight is 335 g/mol. The Labute approximate surface area is 131 Å². The van der Waals surface area contributed by atoms with Gasteiger partial charge in [0, 0.05) is 23.6 Å². The Morgan fingerprint density at radius 3 is 2.33 bits per heavy atom. The van der Waals surface area contributed by atoms with E-state index in [0.717, 1.165) is 11.8 Å². The Balaban J connectivity index is 2.93. The van der Waals surface area contributed by atoms with E-state index >= 15 is 0 Å². The first-order valence-corrected chi connectivity index (χ1v) is 8.95. The molecule has 1 rings (SSSR count). The van der Waals surface area contributed by atoms with Crippen LogP contribution in [0.3, 0.4) is 0 Å². The molecule has 0 aliphatic carbocycles. The number of hydrogen-bond donors (Lipinski definition) is 2. The molecule has 0 spiro atoms. The second kappa shape index (κ2) is 6.46. The maximum absolute atomic E-state index is 11.3. The molecular weight excluding hydrogens is 312 g/mol. The van der Waals surface area contributed by atoms with Crippen LogP contribution in [-0.4, -0.2) is 36.7 Å². The molecule has 0 amide bonds. The van der Waals surface area contributed by atoms with Crippen molar-refractivity contribution < 1.29 is 8.42 Å². The summed E-state index contributed by atoms with van der Waals surface area (Å²) in [6, 6.07) is 0. The van der Waals surface area contributed by atoms with Crippen LogP contribution in [0.15, 0.2) is 0 Å². The number of aromatic nitrogens is 2. The number of nitrogens with zero attached hydrogens (tertiary/aromatic N) is 2. The average Bonchev–Trinajstić information content (AvgIpc) is 2.27. The zero-order chi connectivity index (χ0) is 16.4. The first-order chi connectivity index (χ1) is 9.41. The lowest BCUT2D eigenvalue weighted by Gasteiger charge is -2.26. The lowest BCUT2D eigenvalue weighted by atomic mass is 10.1. The SMILES string of the molecule is Cc1c(Cl)nc(C(C)C)nc1NCC(C)(C)NS(C)(=O)=O. The molecule has 0 fully saturated rings. The summed E-state index contributed by atoms with van der Waals surface area (Å²) in [5.41, 5.74) is 0.103. The van der Waals surface area contributed by atoms with Gasteiger partial charge in [-0.25, -0.2) is 23.1 Å². The smallest absolute Gasteiger partial charge is 0.209 e. The molecule has 0 aromatic carbocycles. The van der Waals surface area contributed by atoms with Gasteiger partial charge in [0.05, 0.1) is 6.26 Å². The van der Waals surface area contributed by atoms with Gasteiger partial charge in [0.1, 0.15) is 16.8 Å². The molecule has 2 N–H and O–H groups in total. The lowest BCUT2D eigenvalue weighted by Crippen LogP contribution is -2.47. The second-order valence-corrected chi connectivity index (χ2v) is 8.22. The van der Waals surface area contributed by atoms with E-state index in [1.807, 2.05) is 20.8 Å². The molecule has 0 saturated heterocycles. The lowest BCUT2D eigenvalue weighted by molar-refractivity contribution is 0.475. The van der Waals surface area contributed by atoms with Crippen molar-refractivity contribution in [3.63, 3.8) is 0 Å². The normalized spacial score (nSPS) is 12.8. The van der Waals surface area contributed by atoms with E-state index in [1.54, 1.807) is 13.8 Å². The van der Waals surface area contributed by atoms with Crippen LogP contribution in [0.25, 0.3) is 0 Å². The Kier molecular flexibility index (Phi) is 5.57. The van der Waals surface area contributed by atoms with Gasteiger partial charge in [-0.2, -0.15) is 0 Å². The zero-order valence-corrected chi connectivity index (χ0v) is 14.9. The number of halogens is 1. The molecule has 0 unspecified atom stereocenters.